The quantitative estimate of drug-likeness (QED) is 0.774. The zero-order chi connectivity index (χ0) is 20.6. The molecular weight excluding hydrogens is 360 g/mol. The number of rotatable bonds is 6. The lowest BCUT2D eigenvalue weighted by Crippen LogP contribution is -2.36. The maximum Gasteiger partial charge on any atom is 0.203 e. The van der Waals surface area contributed by atoms with Crippen molar-refractivity contribution in [3.05, 3.63) is 29.9 Å². The van der Waals surface area contributed by atoms with Gasteiger partial charge in [-0.1, -0.05) is 51.7 Å². The molecule has 4 rings (SSSR count). The van der Waals surface area contributed by atoms with Crippen LogP contribution in [-0.4, -0.2) is 39.5 Å². The summed E-state index contributed by atoms with van der Waals surface area (Å²) in [6.45, 7) is 8.51. The number of Topliss-reactive ketones (excluding diaryl/α,β-unsaturated/α-hetero) is 1. The van der Waals surface area contributed by atoms with E-state index in [9.17, 15) is 4.79 Å². The smallest absolute Gasteiger partial charge is 0.203 e. The molecule has 29 heavy (non-hydrogen) atoms. The Labute approximate surface area is 175 Å². The first-order chi connectivity index (χ1) is 14.2. The molecular formula is C24H38N4O. The number of benzene rings is 1. The fourth-order valence-electron chi connectivity index (χ4n) is 4.81. The second-order valence-corrected chi connectivity index (χ2v) is 8.25. The molecule has 1 aliphatic carbocycles. The van der Waals surface area contributed by atoms with Gasteiger partial charge in [-0.15, -0.1) is 0 Å². The molecule has 1 N–H and O–H groups in total. The highest BCUT2D eigenvalue weighted by Crippen LogP contribution is 2.25. The number of likely N-dealkylation sites (tertiary alicyclic amines) is 1. The van der Waals surface area contributed by atoms with Crippen molar-refractivity contribution >= 4 is 16.8 Å². The summed E-state index contributed by atoms with van der Waals surface area (Å²) < 4.78 is 4.03. The van der Waals surface area contributed by atoms with Crippen LogP contribution in [0.4, 0.5) is 0 Å². The second-order valence-electron chi connectivity index (χ2n) is 8.25. The van der Waals surface area contributed by atoms with Gasteiger partial charge in [0.25, 0.3) is 0 Å². The van der Waals surface area contributed by atoms with Gasteiger partial charge >= 0.3 is 0 Å². The highest BCUT2D eigenvalue weighted by molar-refractivity contribution is 5.83. The van der Waals surface area contributed by atoms with Gasteiger partial charge in [0.2, 0.25) is 5.62 Å². The van der Waals surface area contributed by atoms with E-state index in [2.05, 4.69) is 21.6 Å². The summed E-state index contributed by atoms with van der Waals surface area (Å²) in [6, 6.07) is 8.19. The van der Waals surface area contributed by atoms with Crippen LogP contribution in [0.1, 0.15) is 65.2 Å². The molecule has 0 amide bonds. The summed E-state index contributed by atoms with van der Waals surface area (Å²) >= 11 is 0. The van der Waals surface area contributed by atoms with Crippen molar-refractivity contribution in [3.63, 3.8) is 0 Å². The van der Waals surface area contributed by atoms with Crippen molar-refractivity contribution < 1.29 is 4.79 Å². The molecule has 1 aliphatic heterocycles. The van der Waals surface area contributed by atoms with Crippen LogP contribution in [0, 0.1) is 11.3 Å². The van der Waals surface area contributed by atoms with E-state index in [4.69, 9.17) is 5.41 Å². The fourth-order valence-corrected chi connectivity index (χ4v) is 4.81. The lowest BCUT2D eigenvalue weighted by molar-refractivity contribution is -0.124. The number of nitrogens with one attached hydrogen (secondary N) is 1. The van der Waals surface area contributed by atoms with E-state index in [1.807, 2.05) is 30.5 Å². The molecule has 0 unspecified atom stereocenters. The number of piperidine rings is 1. The zero-order valence-electron chi connectivity index (χ0n) is 18.3. The predicted molar refractivity (Wildman–Crippen MR) is 119 cm³/mol. The number of ketones is 1. The van der Waals surface area contributed by atoms with Gasteiger partial charge in [0, 0.05) is 19.0 Å². The summed E-state index contributed by atoms with van der Waals surface area (Å²) in [7, 11) is 0. The highest BCUT2D eigenvalue weighted by atomic mass is 16.1. The first-order valence-corrected chi connectivity index (χ1v) is 11.7. The van der Waals surface area contributed by atoms with Crippen LogP contribution in [0.25, 0.3) is 11.0 Å². The Bertz CT molecular complexity index is 838. The summed E-state index contributed by atoms with van der Waals surface area (Å²) in [4.78, 5) is 15.4. The third kappa shape index (κ3) is 5.19. The molecule has 1 saturated heterocycles. The highest BCUT2D eigenvalue weighted by Gasteiger charge is 2.23. The molecule has 1 aromatic heterocycles. The largest absolute Gasteiger partial charge is 0.309 e. The van der Waals surface area contributed by atoms with Gasteiger partial charge in [0.15, 0.2) is 5.78 Å². The van der Waals surface area contributed by atoms with Crippen molar-refractivity contribution in [2.24, 2.45) is 5.92 Å². The third-order valence-electron chi connectivity index (χ3n) is 6.44. The fraction of sp³-hybridized carbons (Fsp3) is 0.667. The molecule has 5 nitrogen and oxygen atoms in total. The van der Waals surface area contributed by atoms with E-state index in [-0.39, 0.29) is 5.92 Å². The summed E-state index contributed by atoms with van der Waals surface area (Å²) in [6.07, 6.45) is 9.58. The average Bonchev–Trinajstić information content (AvgIpc) is 3.06. The average molecular weight is 399 g/mol. The molecule has 0 spiro atoms. The molecule has 2 fully saturated rings. The van der Waals surface area contributed by atoms with E-state index >= 15 is 0 Å². The monoisotopic (exact) mass is 398 g/mol. The molecule has 0 bridgehead atoms. The molecule has 2 aliphatic rings. The molecule has 5 heteroatoms. The van der Waals surface area contributed by atoms with Crippen molar-refractivity contribution in [1.29, 1.82) is 5.41 Å². The number of fused-ring (bicyclic) bond motifs is 1. The Hall–Kier alpha value is -1.88. The van der Waals surface area contributed by atoms with Gasteiger partial charge in [-0.05, 0) is 50.9 Å². The van der Waals surface area contributed by atoms with Gasteiger partial charge in [0.1, 0.15) is 0 Å². The predicted octanol–water partition coefficient (Wildman–Crippen LogP) is 4.58. The summed E-state index contributed by atoms with van der Waals surface area (Å²) in [5, 5.41) is 8.75. The standard InChI is InChI=1S/C22H32N4O.C2H6/c23-22-25(16-15-24-13-7-2-8-14-24)19-11-5-6-12-20(19)26(22)17-21(27)18-9-3-1-4-10-18;1-2/h5-6,11-12,18,23H,1-4,7-10,13-17H2;1-2H3. The Balaban J connectivity index is 0.00000117. The molecule has 1 aromatic carbocycles. The van der Waals surface area contributed by atoms with Gasteiger partial charge < -0.3 is 14.0 Å². The van der Waals surface area contributed by atoms with Crippen LogP contribution in [0.2, 0.25) is 0 Å². The summed E-state index contributed by atoms with van der Waals surface area (Å²) in [5.41, 5.74) is 2.57. The van der Waals surface area contributed by atoms with Gasteiger partial charge in [-0.2, -0.15) is 0 Å². The molecule has 2 aromatic rings. The lowest BCUT2D eigenvalue weighted by atomic mass is 9.86. The topological polar surface area (TPSA) is 54.0 Å². The molecule has 160 valence electrons. The second kappa shape index (κ2) is 10.8. The van der Waals surface area contributed by atoms with Crippen LogP contribution >= 0.6 is 0 Å². The summed E-state index contributed by atoms with van der Waals surface area (Å²) in [5.74, 6) is 0.508. The van der Waals surface area contributed by atoms with Crippen LogP contribution < -0.4 is 5.62 Å². The number of para-hydroxylation sites is 2. The van der Waals surface area contributed by atoms with Gasteiger partial charge in [-0.3, -0.25) is 10.2 Å². The van der Waals surface area contributed by atoms with Crippen molar-refractivity contribution in [2.75, 3.05) is 19.6 Å². The Morgan fingerprint density at radius 1 is 0.897 bits per heavy atom. The molecule has 0 radical (unpaired) electrons. The number of hydrogen-bond acceptors (Lipinski definition) is 3. The number of hydrogen-bond donors (Lipinski definition) is 1. The Kier molecular flexibility index (Phi) is 8.10. The molecule has 2 heterocycles. The maximum absolute atomic E-state index is 12.9. The Morgan fingerprint density at radius 3 is 2.14 bits per heavy atom. The van der Waals surface area contributed by atoms with E-state index in [1.54, 1.807) is 0 Å². The minimum absolute atomic E-state index is 0.195. The van der Waals surface area contributed by atoms with E-state index in [1.165, 1.54) is 51.6 Å². The Morgan fingerprint density at radius 2 is 1.48 bits per heavy atom. The van der Waals surface area contributed by atoms with Crippen LogP contribution in [0.15, 0.2) is 24.3 Å². The first kappa shape index (κ1) is 21.8. The first-order valence-electron chi connectivity index (χ1n) is 11.7. The van der Waals surface area contributed by atoms with Gasteiger partial charge in [0.05, 0.1) is 17.6 Å². The van der Waals surface area contributed by atoms with Crippen LogP contribution in [0.5, 0.6) is 0 Å². The number of nitrogens with zero attached hydrogens (tertiary/aromatic N) is 3. The van der Waals surface area contributed by atoms with E-state index < -0.39 is 0 Å². The molecule has 1 saturated carbocycles. The van der Waals surface area contributed by atoms with Crippen molar-refractivity contribution in [3.8, 4) is 0 Å². The SMILES string of the molecule is CC.N=c1n(CCN2CCCCC2)c2ccccc2n1CC(=O)C1CCCCC1. The van der Waals surface area contributed by atoms with Crippen molar-refractivity contribution in [2.45, 2.75) is 78.3 Å². The lowest BCUT2D eigenvalue weighted by Gasteiger charge is -2.26. The number of carbonyl (C=O) groups is 1. The number of carbonyl (C=O) groups excluding carboxylic acids is 1. The van der Waals surface area contributed by atoms with Crippen LogP contribution in [0.3, 0.4) is 0 Å². The van der Waals surface area contributed by atoms with Crippen molar-refractivity contribution in [1.82, 2.24) is 14.0 Å². The maximum atomic E-state index is 12.9. The normalized spacial score (nSPS) is 18.4. The van der Waals surface area contributed by atoms with E-state index in [0.717, 1.165) is 37.0 Å². The van der Waals surface area contributed by atoms with E-state index in [0.29, 0.717) is 17.9 Å². The van der Waals surface area contributed by atoms with Crippen LogP contribution in [-0.2, 0) is 17.9 Å². The number of aromatic nitrogens is 2. The number of imidazole rings is 1. The van der Waals surface area contributed by atoms with Gasteiger partial charge in [-0.25, -0.2) is 0 Å². The third-order valence-corrected chi connectivity index (χ3v) is 6.44. The minimum Gasteiger partial charge on any atom is -0.309 e. The minimum atomic E-state index is 0.195. The molecule has 0 atom stereocenters. The zero-order valence-corrected chi connectivity index (χ0v) is 18.3.